The van der Waals surface area contributed by atoms with E-state index in [0.29, 0.717) is 0 Å². The van der Waals surface area contributed by atoms with Gasteiger partial charge in [-0.25, -0.2) is 4.39 Å². The Hall–Kier alpha value is -1.14. The summed E-state index contributed by atoms with van der Waals surface area (Å²) in [6.45, 7) is 0. The second kappa shape index (κ2) is 3.31. The van der Waals surface area contributed by atoms with Crippen LogP contribution < -0.4 is 0 Å². The minimum Gasteiger partial charge on any atom is -0.263 e. The largest absolute Gasteiger partial charge is 0.263 e. The molecule has 0 fully saturated rings. The number of rotatable bonds is 1. The Bertz CT molecular complexity index is 306. The highest BCUT2D eigenvalue weighted by Gasteiger charge is 2.05. The Balaban J connectivity index is 3.08. The lowest BCUT2D eigenvalue weighted by Crippen LogP contribution is -1.90. The van der Waals surface area contributed by atoms with Crippen LogP contribution >= 0.6 is 11.6 Å². The summed E-state index contributed by atoms with van der Waals surface area (Å²) >= 11 is 5.40. The summed E-state index contributed by atoms with van der Waals surface area (Å²) in [6, 6.07) is 1.81. The highest BCUT2D eigenvalue weighted by molar-refractivity contribution is 6.30. The minimum atomic E-state index is -0.553. The van der Waals surface area contributed by atoms with Gasteiger partial charge in [-0.3, -0.25) is 4.98 Å². The molecule has 0 spiro atoms. The van der Waals surface area contributed by atoms with Crippen LogP contribution in [0.5, 0.6) is 0 Å². The fourth-order valence-electron chi connectivity index (χ4n) is 0.668. The van der Waals surface area contributed by atoms with E-state index in [2.05, 4.69) is 4.98 Å². The van der Waals surface area contributed by atoms with Gasteiger partial charge in [0.15, 0.2) is 0 Å². The molecule has 0 N–H and O–H groups in total. The van der Waals surface area contributed by atoms with Crippen molar-refractivity contribution in [3.8, 4) is 6.07 Å². The lowest BCUT2D eigenvalue weighted by atomic mass is 10.2. The van der Waals surface area contributed by atoms with Crippen molar-refractivity contribution in [2.45, 2.75) is 6.42 Å². The molecule has 0 amide bonds. The molecular weight excluding hydrogens is 167 g/mol. The van der Waals surface area contributed by atoms with Gasteiger partial charge in [0.25, 0.3) is 0 Å². The Morgan fingerprint density at radius 1 is 1.64 bits per heavy atom. The van der Waals surface area contributed by atoms with Gasteiger partial charge in [0, 0.05) is 18.0 Å². The molecule has 0 unspecified atom stereocenters. The van der Waals surface area contributed by atoms with Gasteiger partial charge >= 0.3 is 0 Å². The smallest absolute Gasteiger partial charge is 0.149 e. The molecule has 1 heterocycles. The summed E-state index contributed by atoms with van der Waals surface area (Å²) in [5.41, 5.74) is 0.236. The molecule has 4 heteroatoms. The molecular formula is C7H4ClFN2. The molecule has 0 radical (unpaired) electrons. The summed E-state index contributed by atoms with van der Waals surface area (Å²) in [4.78, 5) is 3.64. The van der Waals surface area contributed by atoms with Crippen LogP contribution in [0.3, 0.4) is 0 Å². The van der Waals surface area contributed by atoms with Crippen LogP contribution in [0.15, 0.2) is 12.4 Å². The van der Waals surface area contributed by atoms with Gasteiger partial charge < -0.3 is 0 Å². The number of hydrogen-bond acceptors (Lipinski definition) is 2. The Morgan fingerprint density at radius 2 is 2.36 bits per heavy atom. The van der Waals surface area contributed by atoms with Crippen LogP contribution in [0.1, 0.15) is 5.56 Å². The second-order valence-electron chi connectivity index (χ2n) is 1.93. The molecule has 1 aromatic rings. The van der Waals surface area contributed by atoms with E-state index in [0.717, 1.165) is 0 Å². The monoisotopic (exact) mass is 170 g/mol. The molecule has 1 aromatic heterocycles. The van der Waals surface area contributed by atoms with Crippen LogP contribution in [0.25, 0.3) is 0 Å². The van der Waals surface area contributed by atoms with Crippen molar-refractivity contribution < 1.29 is 4.39 Å². The van der Waals surface area contributed by atoms with Crippen molar-refractivity contribution in [3.05, 3.63) is 28.8 Å². The van der Waals surface area contributed by atoms with Crippen LogP contribution in [-0.4, -0.2) is 4.98 Å². The van der Waals surface area contributed by atoms with Crippen LogP contribution in [0.2, 0.25) is 5.02 Å². The maximum atomic E-state index is 12.9. The van der Waals surface area contributed by atoms with Crippen molar-refractivity contribution in [1.82, 2.24) is 4.98 Å². The van der Waals surface area contributed by atoms with E-state index in [4.69, 9.17) is 16.9 Å². The third-order valence-corrected chi connectivity index (χ3v) is 1.44. The average molecular weight is 171 g/mol. The van der Waals surface area contributed by atoms with Crippen molar-refractivity contribution >= 4 is 11.6 Å². The summed E-state index contributed by atoms with van der Waals surface area (Å²) in [6.07, 6.45) is 2.50. The number of pyridine rings is 1. The lowest BCUT2D eigenvalue weighted by molar-refractivity contribution is 0.613. The minimum absolute atomic E-state index is 0.000602. The van der Waals surface area contributed by atoms with E-state index >= 15 is 0 Å². The molecule has 0 aromatic carbocycles. The second-order valence-corrected chi connectivity index (χ2v) is 2.34. The molecule has 2 nitrogen and oxygen atoms in total. The quantitative estimate of drug-likeness (QED) is 0.646. The van der Waals surface area contributed by atoms with Crippen LogP contribution in [0, 0.1) is 17.1 Å². The molecule has 1 rings (SSSR count). The number of halogens is 2. The van der Waals surface area contributed by atoms with Crippen molar-refractivity contribution in [1.29, 1.82) is 5.26 Å². The predicted molar refractivity (Wildman–Crippen MR) is 38.5 cm³/mol. The van der Waals surface area contributed by atoms with E-state index in [1.54, 1.807) is 0 Å². The van der Waals surface area contributed by atoms with Crippen molar-refractivity contribution in [3.63, 3.8) is 0 Å². The zero-order valence-corrected chi connectivity index (χ0v) is 6.27. The van der Waals surface area contributed by atoms with E-state index in [-0.39, 0.29) is 17.0 Å². The molecule has 0 aliphatic heterocycles. The van der Waals surface area contributed by atoms with Gasteiger partial charge in [-0.05, 0) is 0 Å². The molecule has 0 atom stereocenters. The van der Waals surface area contributed by atoms with E-state index in [1.807, 2.05) is 6.07 Å². The SMILES string of the molecule is N#CCc1cncc(Cl)c1F. The average Bonchev–Trinajstić information content (AvgIpc) is 1.99. The van der Waals surface area contributed by atoms with E-state index in [9.17, 15) is 4.39 Å². The van der Waals surface area contributed by atoms with Gasteiger partial charge in [-0.1, -0.05) is 11.6 Å². The molecule has 0 saturated carbocycles. The Kier molecular flexibility index (Phi) is 2.40. The first-order valence-electron chi connectivity index (χ1n) is 2.90. The third kappa shape index (κ3) is 1.66. The Labute approximate surface area is 68.2 Å². The Morgan fingerprint density at radius 3 is 3.00 bits per heavy atom. The molecule has 0 aliphatic rings. The summed E-state index contributed by atoms with van der Waals surface area (Å²) in [5.74, 6) is -0.553. The third-order valence-electron chi connectivity index (χ3n) is 1.18. The highest BCUT2D eigenvalue weighted by atomic mass is 35.5. The van der Waals surface area contributed by atoms with Gasteiger partial charge in [0.05, 0.1) is 17.5 Å². The molecule has 11 heavy (non-hydrogen) atoms. The van der Waals surface area contributed by atoms with Gasteiger partial charge in [0.1, 0.15) is 5.82 Å². The topological polar surface area (TPSA) is 36.7 Å². The van der Waals surface area contributed by atoms with Gasteiger partial charge in [-0.15, -0.1) is 0 Å². The zero-order chi connectivity index (χ0) is 8.27. The number of aromatic nitrogens is 1. The summed E-state index contributed by atoms with van der Waals surface area (Å²) < 4.78 is 12.9. The van der Waals surface area contributed by atoms with Crippen LogP contribution in [0.4, 0.5) is 4.39 Å². The van der Waals surface area contributed by atoms with Gasteiger partial charge in [0.2, 0.25) is 0 Å². The van der Waals surface area contributed by atoms with Crippen molar-refractivity contribution in [2.24, 2.45) is 0 Å². The summed E-state index contributed by atoms with van der Waals surface area (Å²) in [5, 5.41) is 8.20. The fourth-order valence-corrected chi connectivity index (χ4v) is 0.846. The standard InChI is InChI=1S/C7H4ClFN2/c8-6-4-11-3-5(1-2-10)7(6)9/h3-4H,1H2. The lowest BCUT2D eigenvalue weighted by Gasteiger charge is -1.96. The zero-order valence-electron chi connectivity index (χ0n) is 5.51. The molecule has 0 aliphatic carbocycles. The maximum absolute atomic E-state index is 12.9. The first-order valence-corrected chi connectivity index (χ1v) is 3.28. The first kappa shape index (κ1) is 7.96. The normalized spacial score (nSPS) is 9.18. The highest BCUT2D eigenvalue weighted by Crippen LogP contribution is 2.15. The van der Waals surface area contributed by atoms with Crippen molar-refractivity contribution in [2.75, 3.05) is 0 Å². The fraction of sp³-hybridized carbons (Fsp3) is 0.143. The molecule has 0 saturated heterocycles. The van der Waals surface area contributed by atoms with E-state index in [1.165, 1.54) is 12.4 Å². The van der Waals surface area contributed by atoms with Gasteiger partial charge in [-0.2, -0.15) is 5.26 Å². The number of nitriles is 1. The van der Waals surface area contributed by atoms with Crippen LogP contribution in [-0.2, 0) is 6.42 Å². The predicted octanol–water partition coefficient (Wildman–Crippen LogP) is 1.94. The molecule has 56 valence electrons. The molecule has 0 bridgehead atoms. The summed E-state index contributed by atoms with van der Waals surface area (Å²) in [7, 11) is 0. The number of hydrogen-bond donors (Lipinski definition) is 0. The first-order chi connectivity index (χ1) is 5.25. The van der Waals surface area contributed by atoms with E-state index < -0.39 is 5.82 Å². The maximum Gasteiger partial charge on any atom is 0.149 e. The number of nitrogens with zero attached hydrogens (tertiary/aromatic N) is 2.